The number of benzene rings is 4. The van der Waals surface area contributed by atoms with Gasteiger partial charge in [-0.25, -0.2) is 0 Å². The first kappa shape index (κ1) is 31.3. The van der Waals surface area contributed by atoms with Crippen molar-refractivity contribution >= 4 is 18.5 Å². The summed E-state index contributed by atoms with van der Waals surface area (Å²) in [5.41, 5.74) is 4.98. The molecule has 0 N–H and O–H groups in total. The Hall–Kier alpha value is -3.36. The van der Waals surface area contributed by atoms with E-state index in [2.05, 4.69) is 51.2 Å². The molecule has 1 aliphatic heterocycles. The molecule has 0 saturated heterocycles. The van der Waals surface area contributed by atoms with Crippen LogP contribution in [0.5, 0.6) is 11.5 Å². The predicted octanol–water partition coefficient (Wildman–Crippen LogP) is 11.0. The first-order chi connectivity index (χ1) is 21.6. The van der Waals surface area contributed by atoms with Crippen LogP contribution in [0, 0.1) is 0 Å². The second-order valence-electron chi connectivity index (χ2n) is 12.8. The minimum atomic E-state index is -5.06. The molecular weight excluding hydrogens is 698 g/mol. The number of halogens is 6. The SMILES string of the molecule is CC1=C2c3ccccc3[CH]1[Zr]([O]c1ccc(C(F)(F)F)cc1)([O]c1ccc(C(F)(F)F)cc1)[CH]1C(C)=C(c3ccccc31)[Si]2(C)C. The van der Waals surface area contributed by atoms with Crippen LogP contribution in [-0.4, -0.2) is 8.07 Å². The van der Waals surface area contributed by atoms with Crippen LogP contribution in [0.15, 0.2) is 108 Å². The van der Waals surface area contributed by atoms with E-state index in [9.17, 15) is 26.3 Å². The molecule has 46 heavy (non-hydrogen) atoms. The van der Waals surface area contributed by atoms with Gasteiger partial charge in [0.25, 0.3) is 0 Å². The minimum absolute atomic E-state index is 0.241. The quantitative estimate of drug-likeness (QED) is 0.154. The van der Waals surface area contributed by atoms with Crippen molar-refractivity contribution in [2.75, 3.05) is 0 Å². The molecule has 1 heterocycles. The molecule has 0 amide bonds. The molecular formula is C36H30F6O2SiZr. The van der Waals surface area contributed by atoms with Crippen molar-refractivity contribution in [1.82, 2.24) is 0 Å². The maximum atomic E-state index is 13.6. The van der Waals surface area contributed by atoms with Crippen LogP contribution in [-0.2, 0) is 33.5 Å². The number of alkyl halides is 6. The van der Waals surface area contributed by atoms with Crippen molar-refractivity contribution < 1.29 is 53.1 Å². The van der Waals surface area contributed by atoms with Gasteiger partial charge in [-0.05, 0) is 0 Å². The fourth-order valence-electron chi connectivity index (χ4n) is 8.17. The molecule has 236 valence electrons. The summed E-state index contributed by atoms with van der Waals surface area (Å²) in [7, 11) is -2.35. The molecule has 0 spiro atoms. The van der Waals surface area contributed by atoms with Crippen molar-refractivity contribution in [1.29, 1.82) is 0 Å². The molecule has 3 aliphatic rings. The molecule has 4 bridgehead atoms. The first-order valence-corrected chi connectivity index (χ1v) is 22.8. The number of allylic oxidation sites excluding steroid dienone is 2. The molecule has 2 atom stereocenters. The van der Waals surface area contributed by atoms with Crippen molar-refractivity contribution in [3.05, 3.63) is 142 Å². The summed E-state index contributed by atoms with van der Waals surface area (Å²) in [5.74, 6) is 0.482. The molecule has 4 aromatic rings. The van der Waals surface area contributed by atoms with Gasteiger partial charge in [0.05, 0.1) is 0 Å². The maximum absolute atomic E-state index is 13.6. The zero-order valence-corrected chi connectivity index (χ0v) is 28.9. The van der Waals surface area contributed by atoms with E-state index in [4.69, 9.17) is 5.63 Å². The third-order valence-electron chi connectivity index (χ3n) is 9.71. The van der Waals surface area contributed by atoms with E-state index in [0.29, 0.717) is 0 Å². The molecule has 0 aromatic heterocycles. The van der Waals surface area contributed by atoms with E-state index in [1.165, 1.54) is 34.7 Å². The second kappa shape index (κ2) is 10.6. The molecule has 0 fully saturated rings. The number of hydrogen-bond donors (Lipinski definition) is 0. The van der Waals surface area contributed by atoms with Crippen LogP contribution in [0.4, 0.5) is 26.3 Å². The van der Waals surface area contributed by atoms with Crippen molar-refractivity contribution in [2.24, 2.45) is 0 Å². The Balaban J connectivity index is 1.53. The van der Waals surface area contributed by atoms with Crippen LogP contribution in [0.3, 0.4) is 0 Å². The number of fused-ring (bicyclic) bond motifs is 8. The Morgan fingerprint density at radius 3 is 1.24 bits per heavy atom. The monoisotopic (exact) mass is 726 g/mol. The number of hydrogen-bond acceptors (Lipinski definition) is 2. The molecule has 2 nitrogen and oxygen atoms in total. The van der Waals surface area contributed by atoms with Crippen LogP contribution in [0.25, 0.3) is 10.4 Å². The summed E-state index contributed by atoms with van der Waals surface area (Å²) in [6.07, 6.45) is -9.05. The summed E-state index contributed by atoms with van der Waals surface area (Å²) in [4.78, 5) is 0. The van der Waals surface area contributed by atoms with Gasteiger partial charge in [-0.3, -0.25) is 0 Å². The molecule has 4 aromatic carbocycles. The summed E-state index contributed by atoms with van der Waals surface area (Å²) < 4.78 is 95.1. The molecule has 0 radical (unpaired) electrons. The fourth-order valence-corrected chi connectivity index (χ4v) is 24.8. The average Bonchev–Trinajstić information content (AvgIpc) is 3.48. The molecule has 2 aliphatic carbocycles. The van der Waals surface area contributed by atoms with E-state index in [1.807, 2.05) is 24.3 Å². The van der Waals surface area contributed by atoms with E-state index in [0.717, 1.165) is 57.7 Å². The van der Waals surface area contributed by atoms with Gasteiger partial charge in [0, 0.05) is 0 Å². The topological polar surface area (TPSA) is 18.5 Å². The average molecular weight is 728 g/mol. The zero-order valence-electron chi connectivity index (χ0n) is 25.5. The predicted molar refractivity (Wildman–Crippen MR) is 165 cm³/mol. The Kier molecular flexibility index (Phi) is 7.18. The Bertz CT molecular complexity index is 1780. The molecule has 0 saturated carbocycles. The summed E-state index contributed by atoms with van der Waals surface area (Å²) in [5, 5.41) is 2.57. The van der Waals surface area contributed by atoms with E-state index in [-0.39, 0.29) is 18.8 Å². The first-order valence-electron chi connectivity index (χ1n) is 15.0. The van der Waals surface area contributed by atoms with E-state index >= 15 is 0 Å². The van der Waals surface area contributed by atoms with Crippen LogP contribution >= 0.6 is 0 Å². The van der Waals surface area contributed by atoms with Gasteiger partial charge < -0.3 is 0 Å². The second-order valence-corrected chi connectivity index (χ2v) is 24.4. The summed E-state index contributed by atoms with van der Waals surface area (Å²) in [6.45, 7) is 8.94. The van der Waals surface area contributed by atoms with Gasteiger partial charge in [0.2, 0.25) is 0 Å². The standard InChI is InChI=1S/C22H22Si.2C7H5F3O.Zr/c1-15-13-17-9-5-7-11-19(17)21(15)23(3,4)22-16(2)14-18-10-6-8-12-20(18)22;2*8-7(9,10)5-1-3-6(11)4-2-5;/h5-14H,1-4H3;2*1-4,11H;/q;;;+2/p-2. The van der Waals surface area contributed by atoms with Crippen LogP contribution in [0.1, 0.15) is 54.5 Å². The third kappa shape index (κ3) is 4.69. The number of rotatable bonds is 4. The van der Waals surface area contributed by atoms with Gasteiger partial charge in [-0.1, -0.05) is 0 Å². The molecule has 7 rings (SSSR count). The molecule has 10 heteroatoms. The van der Waals surface area contributed by atoms with E-state index < -0.39 is 52.7 Å². The van der Waals surface area contributed by atoms with Crippen LogP contribution < -0.4 is 5.63 Å². The Morgan fingerprint density at radius 1 is 0.543 bits per heavy atom. The van der Waals surface area contributed by atoms with Gasteiger partial charge in [0.15, 0.2) is 0 Å². The Labute approximate surface area is 270 Å². The normalized spacial score (nSPS) is 21.0. The van der Waals surface area contributed by atoms with Crippen molar-refractivity contribution in [3.8, 4) is 11.5 Å². The van der Waals surface area contributed by atoms with Crippen molar-refractivity contribution in [2.45, 2.75) is 46.5 Å². The summed E-state index contributed by atoms with van der Waals surface area (Å²) >= 11 is -5.06. The van der Waals surface area contributed by atoms with Gasteiger partial charge >= 0.3 is 271 Å². The summed E-state index contributed by atoms with van der Waals surface area (Å²) in [6, 6.07) is 25.7. The van der Waals surface area contributed by atoms with Gasteiger partial charge in [0.1, 0.15) is 0 Å². The third-order valence-corrected chi connectivity index (χ3v) is 23.9. The molecule has 2 unspecified atom stereocenters. The van der Waals surface area contributed by atoms with E-state index in [1.54, 1.807) is 0 Å². The van der Waals surface area contributed by atoms with Crippen molar-refractivity contribution in [3.63, 3.8) is 0 Å². The van der Waals surface area contributed by atoms with Gasteiger partial charge in [-0.15, -0.1) is 0 Å². The Morgan fingerprint density at radius 2 is 0.891 bits per heavy atom. The fraction of sp³-hybridized carbons (Fsp3) is 0.222. The van der Waals surface area contributed by atoms with Crippen LogP contribution in [0.2, 0.25) is 13.1 Å². The van der Waals surface area contributed by atoms with Gasteiger partial charge in [-0.2, -0.15) is 0 Å². The zero-order chi connectivity index (χ0) is 32.8.